The van der Waals surface area contributed by atoms with Crippen LogP contribution in [0.4, 0.5) is 11.4 Å². The number of rotatable bonds is 11. The number of hydrogen-bond donors (Lipinski definition) is 0. The van der Waals surface area contributed by atoms with E-state index in [-0.39, 0.29) is 0 Å². The Morgan fingerprint density at radius 3 is 1.36 bits per heavy atom. The van der Waals surface area contributed by atoms with Gasteiger partial charge in [-0.3, -0.25) is 9.98 Å². The zero-order valence-corrected chi connectivity index (χ0v) is 15.6. The van der Waals surface area contributed by atoms with Gasteiger partial charge in [-0.2, -0.15) is 0 Å². The summed E-state index contributed by atoms with van der Waals surface area (Å²) in [5.74, 6) is 0. The van der Waals surface area contributed by atoms with E-state index in [0.29, 0.717) is 11.4 Å². The highest BCUT2D eigenvalue weighted by molar-refractivity contribution is 5.80. The van der Waals surface area contributed by atoms with Gasteiger partial charge in [0.05, 0.1) is 0 Å². The molecule has 0 saturated carbocycles. The fraction of sp³-hybridized carbons (Fsp3) is 0.300. The summed E-state index contributed by atoms with van der Waals surface area (Å²) in [6, 6.07) is 14.6. The first kappa shape index (κ1) is 20.7. The highest BCUT2D eigenvalue weighted by Crippen LogP contribution is 2.13. The van der Waals surface area contributed by atoms with Gasteiger partial charge in [0.2, 0.25) is 0 Å². The second kappa shape index (κ2) is 12.7. The molecule has 0 radical (unpaired) electrons. The van der Waals surface area contributed by atoms with E-state index in [1.165, 1.54) is 0 Å². The smallest absolute Gasteiger partial charge is 0.0389 e. The van der Waals surface area contributed by atoms with Crippen LogP contribution in [0.15, 0.2) is 68.7 Å². The van der Waals surface area contributed by atoms with E-state index in [1.54, 1.807) is 24.3 Å². The van der Waals surface area contributed by atoms with Crippen molar-refractivity contribution in [3.8, 4) is 0 Å². The van der Waals surface area contributed by atoms with Gasteiger partial charge >= 0.3 is 0 Å². The molecule has 0 fully saturated rings. The number of hydrogen-bond acceptors (Lipinski definition) is 4. The predicted octanol–water partition coefficient (Wildman–Crippen LogP) is 6.67. The molecule has 8 nitrogen and oxygen atoms in total. The molecule has 0 atom stereocenters. The molecule has 8 heteroatoms. The maximum Gasteiger partial charge on any atom is 0.0389 e. The summed E-state index contributed by atoms with van der Waals surface area (Å²) in [6.07, 6.45) is 8.05. The molecule has 2 rings (SSSR count). The quantitative estimate of drug-likeness (QED) is 0.137. The fourth-order valence-corrected chi connectivity index (χ4v) is 2.46. The van der Waals surface area contributed by atoms with Crippen LogP contribution in [0.1, 0.15) is 36.8 Å². The van der Waals surface area contributed by atoms with Crippen molar-refractivity contribution in [1.29, 1.82) is 0 Å². The average molecular weight is 374 g/mol. The topological polar surface area (TPSA) is 122 Å². The first-order valence-electron chi connectivity index (χ1n) is 9.12. The molecule has 142 valence electrons. The van der Waals surface area contributed by atoms with Crippen LogP contribution >= 0.6 is 0 Å². The van der Waals surface area contributed by atoms with Crippen LogP contribution < -0.4 is 0 Å². The van der Waals surface area contributed by atoms with Crippen LogP contribution in [-0.2, 0) is 0 Å². The van der Waals surface area contributed by atoms with E-state index in [2.05, 4.69) is 30.0 Å². The summed E-state index contributed by atoms with van der Waals surface area (Å²) >= 11 is 0. The van der Waals surface area contributed by atoms with Crippen molar-refractivity contribution in [2.24, 2.45) is 20.2 Å². The molecule has 0 amide bonds. The third-order valence-electron chi connectivity index (χ3n) is 3.91. The van der Waals surface area contributed by atoms with Crippen molar-refractivity contribution in [2.45, 2.75) is 25.7 Å². The summed E-state index contributed by atoms with van der Waals surface area (Å²) in [6.45, 7) is 1.61. The predicted molar refractivity (Wildman–Crippen MR) is 114 cm³/mol. The monoisotopic (exact) mass is 374 g/mol. The van der Waals surface area contributed by atoms with Crippen molar-refractivity contribution >= 4 is 23.8 Å². The van der Waals surface area contributed by atoms with E-state index in [0.717, 1.165) is 49.9 Å². The Morgan fingerprint density at radius 1 is 0.607 bits per heavy atom. The maximum absolute atomic E-state index is 8.37. The van der Waals surface area contributed by atoms with Crippen LogP contribution in [0.2, 0.25) is 0 Å². The van der Waals surface area contributed by atoms with E-state index in [9.17, 15) is 0 Å². The second-order valence-corrected chi connectivity index (χ2v) is 6.05. The van der Waals surface area contributed by atoms with Gasteiger partial charge in [-0.1, -0.05) is 71.6 Å². The van der Waals surface area contributed by atoms with Crippen molar-refractivity contribution in [3.05, 3.63) is 80.5 Å². The van der Waals surface area contributed by atoms with Gasteiger partial charge < -0.3 is 0 Å². The Labute approximate surface area is 163 Å². The van der Waals surface area contributed by atoms with E-state index in [1.807, 2.05) is 36.7 Å². The van der Waals surface area contributed by atoms with E-state index in [4.69, 9.17) is 11.1 Å². The standard InChI is InChI=1S/C20H22N8/c21-27-25-19-9-5-17(6-10-19)15-23-13-3-1-2-4-14-24-16-18-7-11-20(12-8-18)26-28-22/h5-12,15-16H,1-4,13-14H2. The Bertz CT molecular complexity index is 796. The molecular weight excluding hydrogens is 352 g/mol. The molecular formula is C20H22N8. The molecule has 28 heavy (non-hydrogen) atoms. The molecule has 0 spiro atoms. The number of aliphatic imine (C=N–C) groups is 2. The highest BCUT2D eigenvalue weighted by Gasteiger charge is 1.92. The number of nitrogens with zero attached hydrogens (tertiary/aromatic N) is 8. The number of unbranched alkanes of at least 4 members (excludes halogenated alkanes) is 3. The Hall–Kier alpha value is -3.60. The summed E-state index contributed by atoms with van der Waals surface area (Å²) in [5, 5.41) is 7.07. The average Bonchev–Trinajstić information content (AvgIpc) is 2.72. The first-order chi connectivity index (χ1) is 13.8. The first-order valence-corrected chi connectivity index (χ1v) is 9.12. The summed E-state index contributed by atoms with van der Waals surface area (Å²) in [7, 11) is 0. The van der Waals surface area contributed by atoms with Crippen molar-refractivity contribution in [3.63, 3.8) is 0 Å². The summed E-state index contributed by atoms with van der Waals surface area (Å²) < 4.78 is 0. The van der Waals surface area contributed by atoms with Gasteiger partial charge in [0.15, 0.2) is 0 Å². The minimum absolute atomic E-state index is 0.604. The van der Waals surface area contributed by atoms with Gasteiger partial charge in [0.25, 0.3) is 0 Å². The molecule has 0 saturated heterocycles. The van der Waals surface area contributed by atoms with Gasteiger partial charge in [0.1, 0.15) is 0 Å². The zero-order valence-electron chi connectivity index (χ0n) is 15.6. The summed E-state index contributed by atoms with van der Waals surface area (Å²) in [5.41, 5.74) is 19.9. The van der Waals surface area contributed by atoms with Crippen LogP contribution in [0.25, 0.3) is 20.9 Å². The third-order valence-corrected chi connectivity index (χ3v) is 3.91. The molecule has 0 bridgehead atoms. The second-order valence-electron chi connectivity index (χ2n) is 6.05. The zero-order chi connectivity index (χ0) is 19.9. The van der Waals surface area contributed by atoms with Crippen molar-refractivity contribution in [1.82, 2.24) is 0 Å². The van der Waals surface area contributed by atoms with Crippen LogP contribution in [0.5, 0.6) is 0 Å². The minimum atomic E-state index is 0.604. The molecule has 0 aliphatic carbocycles. The van der Waals surface area contributed by atoms with Gasteiger partial charge in [-0.25, -0.2) is 0 Å². The Kier molecular flexibility index (Phi) is 9.40. The maximum atomic E-state index is 8.37. The number of benzene rings is 2. The molecule has 0 aromatic heterocycles. The number of azide groups is 2. The summed E-state index contributed by atoms with van der Waals surface area (Å²) in [4.78, 5) is 14.3. The molecule has 0 N–H and O–H groups in total. The van der Waals surface area contributed by atoms with Crippen LogP contribution in [0.3, 0.4) is 0 Å². The molecule has 0 aliphatic heterocycles. The fourth-order valence-electron chi connectivity index (χ4n) is 2.46. The van der Waals surface area contributed by atoms with Gasteiger partial charge in [-0.15, -0.1) is 0 Å². The van der Waals surface area contributed by atoms with Crippen molar-refractivity contribution in [2.75, 3.05) is 13.1 Å². The Morgan fingerprint density at radius 2 is 1.00 bits per heavy atom. The van der Waals surface area contributed by atoms with Crippen LogP contribution in [0, 0.1) is 0 Å². The molecule has 2 aromatic rings. The molecule has 0 heterocycles. The normalized spacial score (nSPS) is 10.7. The largest absolute Gasteiger partial charge is 0.293 e. The van der Waals surface area contributed by atoms with Gasteiger partial charge in [-0.05, 0) is 35.0 Å². The third kappa shape index (κ3) is 8.19. The lowest BCUT2D eigenvalue weighted by molar-refractivity contribution is 0.655. The van der Waals surface area contributed by atoms with E-state index < -0.39 is 0 Å². The SMILES string of the molecule is [N-]=[N+]=Nc1ccc(C=NCCCCCCN=Cc2ccc(N=[N+]=[N-])cc2)cc1. The molecule has 0 unspecified atom stereocenters. The lowest BCUT2D eigenvalue weighted by Crippen LogP contribution is -1.88. The molecule has 2 aromatic carbocycles. The van der Waals surface area contributed by atoms with Gasteiger partial charge in [0, 0.05) is 46.7 Å². The highest BCUT2D eigenvalue weighted by atomic mass is 15.1. The van der Waals surface area contributed by atoms with E-state index >= 15 is 0 Å². The van der Waals surface area contributed by atoms with Crippen LogP contribution in [-0.4, -0.2) is 25.5 Å². The molecule has 0 aliphatic rings. The van der Waals surface area contributed by atoms with Crippen molar-refractivity contribution < 1.29 is 0 Å². The lowest BCUT2D eigenvalue weighted by Gasteiger charge is -1.98. The minimum Gasteiger partial charge on any atom is -0.293 e. The Balaban J connectivity index is 1.55. The lowest BCUT2D eigenvalue weighted by atomic mass is 10.2.